The van der Waals surface area contributed by atoms with Crippen LogP contribution in [0.3, 0.4) is 0 Å². The van der Waals surface area contributed by atoms with E-state index in [1.165, 1.54) is 0 Å². The molecule has 0 spiro atoms. The zero-order chi connectivity index (χ0) is 21.9. The Labute approximate surface area is 197 Å². The van der Waals surface area contributed by atoms with E-state index in [1.54, 1.807) is 72.8 Å². The molecular weight excluding hydrogens is 448 g/mol. The summed E-state index contributed by atoms with van der Waals surface area (Å²) in [6.07, 6.45) is 0. The molecular formula is C26H22FeO5-6. The summed E-state index contributed by atoms with van der Waals surface area (Å²) in [5.41, 5.74) is 0.899. The van der Waals surface area contributed by atoms with Crippen LogP contribution in [-0.4, -0.2) is 18.5 Å². The predicted molar refractivity (Wildman–Crippen MR) is 118 cm³/mol. The van der Waals surface area contributed by atoms with Gasteiger partial charge in [0, 0.05) is 17.1 Å². The molecule has 0 aliphatic rings. The molecule has 0 bridgehead atoms. The number of esters is 2. The smallest absolute Gasteiger partial charge is 0.343 e. The summed E-state index contributed by atoms with van der Waals surface area (Å²) in [6.45, 7) is 2.45. The number of benzene rings is 2. The fourth-order valence-corrected chi connectivity index (χ4v) is 2.59. The maximum Gasteiger partial charge on any atom is 0.343 e. The van der Waals surface area contributed by atoms with Gasteiger partial charge in [-0.2, -0.15) is 12.1 Å². The van der Waals surface area contributed by atoms with Crippen LogP contribution >= 0.6 is 0 Å². The van der Waals surface area contributed by atoms with Gasteiger partial charge in [-0.1, -0.05) is 5.56 Å². The fraction of sp³-hybridized carbons (Fsp3) is 0.0769. The van der Waals surface area contributed by atoms with Crippen LogP contribution in [0.25, 0.3) is 0 Å². The van der Waals surface area contributed by atoms with Gasteiger partial charge in [0.15, 0.2) is 0 Å². The van der Waals surface area contributed by atoms with Crippen LogP contribution in [0.15, 0.2) is 103 Å². The van der Waals surface area contributed by atoms with Crippen LogP contribution in [0.4, 0.5) is 0 Å². The van der Waals surface area contributed by atoms with Crippen LogP contribution in [-0.2, 0) is 17.1 Å². The Hall–Kier alpha value is -3.60. The Morgan fingerprint density at radius 3 is 1.72 bits per heavy atom. The summed E-state index contributed by atoms with van der Waals surface area (Å²) in [5.74, 6) is 0.512. The van der Waals surface area contributed by atoms with Gasteiger partial charge in [0.1, 0.15) is 17.2 Å². The molecule has 0 aliphatic heterocycles. The molecule has 0 radical (unpaired) electrons. The minimum atomic E-state index is -0.477. The molecule has 170 valence electrons. The molecule has 0 aromatic heterocycles. The van der Waals surface area contributed by atoms with Crippen LogP contribution < -0.4 is 14.2 Å². The first-order valence-corrected chi connectivity index (χ1v) is 9.81. The van der Waals surface area contributed by atoms with Crippen molar-refractivity contribution < 1.29 is 40.9 Å². The topological polar surface area (TPSA) is 61.8 Å². The Morgan fingerprint density at radius 2 is 1.22 bits per heavy atom. The van der Waals surface area contributed by atoms with Gasteiger partial charge in [-0.05, 0) is 55.5 Å². The van der Waals surface area contributed by atoms with Crippen molar-refractivity contribution in [3.63, 3.8) is 0 Å². The molecule has 32 heavy (non-hydrogen) atoms. The first-order valence-electron chi connectivity index (χ1n) is 9.81. The third kappa shape index (κ3) is 7.58. The molecule has 4 aromatic carbocycles. The van der Waals surface area contributed by atoms with Gasteiger partial charge in [0.25, 0.3) is 5.97 Å². The number of hydrogen-bond donors (Lipinski definition) is 0. The normalized spacial score (nSPS) is 9.53. The van der Waals surface area contributed by atoms with Crippen LogP contribution in [0.1, 0.15) is 27.6 Å². The summed E-state index contributed by atoms with van der Waals surface area (Å²) in [7, 11) is 0. The molecule has 0 saturated heterocycles. The molecule has 4 rings (SSSR count). The third-order valence-corrected chi connectivity index (χ3v) is 4.10. The van der Waals surface area contributed by atoms with E-state index in [2.05, 4.69) is 0 Å². The van der Waals surface area contributed by atoms with E-state index in [0.717, 1.165) is 0 Å². The van der Waals surface area contributed by atoms with Crippen molar-refractivity contribution in [1.29, 1.82) is 0 Å². The maximum absolute atomic E-state index is 12.2. The van der Waals surface area contributed by atoms with E-state index in [9.17, 15) is 9.59 Å². The average Bonchev–Trinajstić information content (AvgIpc) is 3.53. The summed E-state index contributed by atoms with van der Waals surface area (Å²) in [5, 5.41) is 0. The second kappa shape index (κ2) is 13.0. The van der Waals surface area contributed by atoms with E-state index < -0.39 is 11.9 Å². The van der Waals surface area contributed by atoms with E-state index in [-0.39, 0.29) is 17.1 Å². The Morgan fingerprint density at radius 1 is 0.750 bits per heavy atom. The van der Waals surface area contributed by atoms with E-state index in [4.69, 9.17) is 14.2 Å². The first kappa shape index (κ1) is 24.7. The molecule has 0 heterocycles. The minimum absolute atomic E-state index is 0. The fourth-order valence-electron chi connectivity index (χ4n) is 2.59. The monoisotopic (exact) mass is 470 g/mol. The van der Waals surface area contributed by atoms with Gasteiger partial charge >= 0.3 is 5.97 Å². The second-order valence-electron chi connectivity index (χ2n) is 6.34. The van der Waals surface area contributed by atoms with E-state index in [0.29, 0.717) is 35.0 Å². The number of ether oxygens (including phenoxy) is 3. The Kier molecular flexibility index (Phi) is 9.98. The second-order valence-corrected chi connectivity index (χ2v) is 6.34. The average molecular weight is 470 g/mol. The van der Waals surface area contributed by atoms with Crippen molar-refractivity contribution in [3.8, 4) is 17.2 Å². The molecule has 0 aliphatic carbocycles. The largest absolute Gasteiger partial charge is 0.748 e. The predicted octanol–water partition coefficient (Wildman–Crippen LogP) is 5.65. The molecule has 0 N–H and O–H groups in total. The maximum atomic E-state index is 12.2. The van der Waals surface area contributed by atoms with Crippen molar-refractivity contribution in [1.82, 2.24) is 0 Å². The van der Waals surface area contributed by atoms with Crippen molar-refractivity contribution in [3.05, 3.63) is 114 Å². The standard InChI is InChI=1S/C21H17O5.C5H5.Fe/c1-2-24-17-9-7-16(8-10-17)21(23)26-19-13-11-18(12-14-19)25-20(22)15-5-3-4-6-15;1-2-4-5-3-1;/h3-14H,2H2,1H3;1-5H;/q-1;-5;. The molecule has 4 aromatic rings. The van der Waals surface area contributed by atoms with Gasteiger partial charge in [0.05, 0.1) is 12.2 Å². The Balaban J connectivity index is 0.000000534. The SMILES string of the molecule is CCOc1ccc(C(=O)Oc2ccc(OC(=O)[c-]3cccc3)cc2)cc1.[Fe].[cH-]1[cH-][cH-][cH-][cH-]1. The van der Waals surface area contributed by atoms with Crippen LogP contribution in [0.2, 0.25) is 0 Å². The number of rotatable bonds is 6. The van der Waals surface area contributed by atoms with Crippen molar-refractivity contribution in [2.24, 2.45) is 0 Å². The molecule has 0 amide bonds. The minimum Gasteiger partial charge on any atom is -0.748 e. The van der Waals surface area contributed by atoms with E-state index >= 15 is 0 Å². The van der Waals surface area contributed by atoms with Crippen molar-refractivity contribution >= 4 is 11.9 Å². The summed E-state index contributed by atoms with van der Waals surface area (Å²) in [4.78, 5) is 24.0. The van der Waals surface area contributed by atoms with Gasteiger partial charge in [-0.3, -0.25) is 4.79 Å². The van der Waals surface area contributed by atoms with Crippen LogP contribution in [0, 0.1) is 0 Å². The number of carbonyl (C=O) groups excluding carboxylic acids is 2. The summed E-state index contributed by atoms with van der Waals surface area (Å²) < 4.78 is 15.9. The van der Waals surface area contributed by atoms with Crippen molar-refractivity contribution in [2.75, 3.05) is 6.61 Å². The molecule has 0 atom stereocenters. The summed E-state index contributed by atoms with van der Waals surface area (Å²) >= 11 is 0. The van der Waals surface area contributed by atoms with Gasteiger partial charge in [-0.15, -0.1) is 0 Å². The Bertz CT molecular complexity index is 1030. The molecule has 6 heteroatoms. The van der Waals surface area contributed by atoms with Gasteiger partial charge < -0.3 is 44.5 Å². The van der Waals surface area contributed by atoms with Gasteiger partial charge in [0.2, 0.25) is 0 Å². The molecule has 0 unspecified atom stereocenters. The molecule has 0 saturated carbocycles. The third-order valence-electron chi connectivity index (χ3n) is 4.10. The summed E-state index contributed by atoms with van der Waals surface area (Å²) in [6, 6.07) is 29.9. The zero-order valence-corrected chi connectivity index (χ0v) is 18.5. The number of carbonyl (C=O) groups is 2. The van der Waals surface area contributed by atoms with Gasteiger partial charge in [-0.25, -0.2) is 16.9 Å². The van der Waals surface area contributed by atoms with Crippen LogP contribution in [0.5, 0.6) is 17.2 Å². The number of hydrogen-bond acceptors (Lipinski definition) is 5. The first-order chi connectivity index (χ1) is 15.2. The van der Waals surface area contributed by atoms with E-state index in [1.807, 2.05) is 37.3 Å². The molecule has 0 fully saturated rings. The van der Waals surface area contributed by atoms with Crippen molar-refractivity contribution in [2.45, 2.75) is 6.92 Å². The quantitative estimate of drug-likeness (QED) is 0.158. The molecule has 5 nitrogen and oxygen atoms in total. The zero-order valence-electron chi connectivity index (χ0n) is 17.4.